The first-order valence-electron chi connectivity index (χ1n) is 7.80. The lowest BCUT2D eigenvalue weighted by Gasteiger charge is -2.13. The number of aliphatic imine (C=N–C) groups is 1. The van der Waals surface area contributed by atoms with E-state index in [0.717, 1.165) is 42.2 Å². The van der Waals surface area contributed by atoms with E-state index in [1.54, 1.807) is 0 Å². The van der Waals surface area contributed by atoms with Gasteiger partial charge in [-0.15, -0.1) is 0 Å². The van der Waals surface area contributed by atoms with E-state index in [1.807, 2.05) is 24.3 Å². The van der Waals surface area contributed by atoms with Crippen LogP contribution in [0.25, 0.3) is 0 Å². The number of nitrogens with one attached hydrogen (secondary N) is 2. The highest BCUT2D eigenvalue weighted by atomic mass is 79.9. The first kappa shape index (κ1) is 17.1. The molecule has 1 saturated heterocycles. The van der Waals surface area contributed by atoms with Crippen LogP contribution in [0.1, 0.15) is 19.8 Å². The molecule has 1 aliphatic rings. The van der Waals surface area contributed by atoms with E-state index >= 15 is 0 Å². The second-order valence-electron chi connectivity index (χ2n) is 5.08. The summed E-state index contributed by atoms with van der Waals surface area (Å²) in [4.78, 5) is 4.56. The van der Waals surface area contributed by atoms with Crippen molar-refractivity contribution in [3.05, 3.63) is 28.7 Å². The van der Waals surface area contributed by atoms with Crippen LogP contribution in [-0.2, 0) is 4.74 Å². The summed E-state index contributed by atoms with van der Waals surface area (Å²) in [5, 5.41) is 6.51. The monoisotopic (exact) mass is 369 g/mol. The molecular weight excluding hydrogens is 346 g/mol. The third-order valence-corrected chi connectivity index (χ3v) is 3.83. The average molecular weight is 370 g/mol. The topological polar surface area (TPSA) is 54.9 Å². The van der Waals surface area contributed by atoms with Crippen molar-refractivity contribution in [2.45, 2.75) is 25.9 Å². The van der Waals surface area contributed by atoms with Gasteiger partial charge >= 0.3 is 0 Å². The smallest absolute Gasteiger partial charge is 0.191 e. The Hall–Kier alpha value is -1.27. The molecule has 6 heteroatoms. The van der Waals surface area contributed by atoms with Gasteiger partial charge in [0, 0.05) is 17.6 Å². The molecule has 0 spiro atoms. The van der Waals surface area contributed by atoms with Crippen molar-refractivity contribution in [3.63, 3.8) is 0 Å². The zero-order valence-electron chi connectivity index (χ0n) is 13.0. The lowest BCUT2D eigenvalue weighted by Crippen LogP contribution is -2.39. The second kappa shape index (κ2) is 9.69. The van der Waals surface area contributed by atoms with Crippen LogP contribution in [0.3, 0.4) is 0 Å². The number of halogens is 1. The summed E-state index contributed by atoms with van der Waals surface area (Å²) >= 11 is 3.41. The molecule has 5 nitrogen and oxygen atoms in total. The minimum Gasteiger partial charge on any atom is -0.492 e. The molecule has 1 heterocycles. The molecule has 1 atom stereocenters. The van der Waals surface area contributed by atoms with E-state index in [1.165, 1.54) is 0 Å². The largest absolute Gasteiger partial charge is 0.492 e. The van der Waals surface area contributed by atoms with Crippen LogP contribution in [0.2, 0.25) is 0 Å². The van der Waals surface area contributed by atoms with Gasteiger partial charge in [0.15, 0.2) is 5.96 Å². The number of rotatable bonds is 7. The van der Waals surface area contributed by atoms with E-state index < -0.39 is 0 Å². The van der Waals surface area contributed by atoms with Crippen LogP contribution in [0.4, 0.5) is 0 Å². The van der Waals surface area contributed by atoms with Gasteiger partial charge in [-0.05, 0) is 44.0 Å². The Morgan fingerprint density at radius 3 is 2.86 bits per heavy atom. The molecule has 0 bridgehead atoms. The Bertz CT molecular complexity index is 459. The number of ether oxygens (including phenoxy) is 2. The van der Waals surface area contributed by atoms with Crippen LogP contribution in [0.5, 0.6) is 5.75 Å². The second-order valence-corrected chi connectivity index (χ2v) is 6.00. The SMILES string of the molecule is CCNC(=NCC1CCCO1)NCCOc1ccc(Br)cc1. The summed E-state index contributed by atoms with van der Waals surface area (Å²) < 4.78 is 12.3. The quantitative estimate of drug-likeness (QED) is 0.440. The van der Waals surface area contributed by atoms with Crippen molar-refractivity contribution >= 4 is 21.9 Å². The summed E-state index contributed by atoms with van der Waals surface area (Å²) in [5.41, 5.74) is 0. The number of guanidine groups is 1. The van der Waals surface area contributed by atoms with Crippen LogP contribution in [-0.4, -0.2) is 44.9 Å². The molecule has 1 unspecified atom stereocenters. The van der Waals surface area contributed by atoms with Gasteiger partial charge in [-0.25, -0.2) is 0 Å². The van der Waals surface area contributed by atoms with Crippen molar-refractivity contribution in [2.24, 2.45) is 4.99 Å². The molecule has 0 aromatic heterocycles. The van der Waals surface area contributed by atoms with Gasteiger partial charge in [-0.1, -0.05) is 15.9 Å². The van der Waals surface area contributed by atoms with Crippen molar-refractivity contribution in [1.82, 2.24) is 10.6 Å². The molecule has 2 rings (SSSR count). The van der Waals surface area contributed by atoms with Crippen LogP contribution in [0.15, 0.2) is 33.7 Å². The molecule has 1 aromatic rings. The first-order chi connectivity index (χ1) is 10.8. The van der Waals surface area contributed by atoms with Crippen LogP contribution < -0.4 is 15.4 Å². The summed E-state index contributed by atoms with van der Waals surface area (Å²) in [6.45, 7) is 5.76. The van der Waals surface area contributed by atoms with E-state index in [2.05, 4.69) is 38.5 Å². The minimum absolute atomic E-state index is 0.273. The highest BCUT2D eigenvalue weighted by Gasteiger charge is 2.14. The predicted molar refractivity (Wildman–Crippen MR) is 92.6 cm³/mol. The standard InChI is InChI=1S/C16H24BrN3O2/c1-2-18-16(20-12-15-4-3-10-21-15)19-9-11-22-14-7-5-13(17)6-8-14/h5-8,15H,2-4,9-12H2,1H3,(H2,18,19,20). The Kier molecular flexibility index (Phi) is 7.53. The lowest BCUT2D eigenvalue weighted by molar-refractivity contribution is 0.117. The summed E-state index contributed by atoms with van der Waals surface area (Å²) in [7, 11) is 0. The molecule has 0 amide bonds. The molecule has 22 heavy (non-hydrogen) atoms. The number of hydrogen-bond donors (Lipinski definition) is 2. The van der Waals surface area contributed by atoms with Crippen molar-refractivity contribution in [2.75, 3.05) is 32.8 Å². The highest BCUT2D eigenvalue weighted by Crippen LogP contribution is 2.15. The maximum Gasteiger partial charge on any atom is 0.191 e. The Labute approximate surface area is 140 Å². The molecule has 1 fully saturated rings. The van der Waals surface area contributed by atoms with E-state index in [9.17, 15) is 0 Å². The molecular formula is C16H24BrN3O2. The first-order valence-corrected chi connectivity index (χ1v) is 8.59. The fraction of sp³-hybridized carbons (Fsp3) is 0.562. The van der Waals surface area contributed by atoms with Crippen molar-refractivity contribution < 1.29 is 9.47 Å². The van der Waals surface area contributed by atoms with Gasteiger partial charge in [0.1, 0.15) is 12.4 Å². The molecule has 0 radical (unpaired) electrons. The highest BCUT2D eigenvalue weighted by molar-refractivity contribution is 9.10. The van der Waals surface area contributed by atoms with Crippen LogP contribution in [0, 0.1) is 0 Å². The van der Waals surface area contributed by atoms with Crippen molar-refractivity contribution in [1.29, 1.82) is 0 Å². The zero-order chi connectivity index (χ0) is 15.6. The van der Waals surface area contributed by atoms with Gasteiger partial charge in [-0.3, -0.25) is 4.99 Å². The molecule has 1 aromatic carbocycles. The van der Waals surface area contributed by atoms with Gasteiger partial charge in [0.2, 0.25) is 0 Å². The maximum atomic E-state index is 5.68. The van der Waals surface area contributed by atoms with Gasteiger partial charge in [0.05, 0.1) is 19.2 Å². The summed E-state index contributed by atoms with van der Waals surface area (Å²) in [6.07, 6.45) is 2.52. The van der Waals surface area contributed by atoms with Gasteiger partial charge in [-0.2, -0.15) is 0 Å². The average Bonchev–Trinajstić information content (AvgIpc) is 3.04. The molecule has 0 aliphatic carbocycles. The van der Waals surface area contributed by atoms with E-state index in [0.29, 0.717) is 19.7 Å². The van der Waals surface area contributed by atoms with E-state index in [4.69, 9.17) is 9.47 Å². The number of hydrogen-bond acceptors (Lipinski definition) is 3. The van der Waals surface area contributed by atoms with Gasteiger partial charge < -0.3 is 20.1 Å². The Balaban J connectivity index is 1.69. The fourth-order valence-corrected chi connectivity index (χ4v) is 2.46. The predicted octanol–water partition coefficient (Wildman–Crippen LogP) is 2.56. The summed E-state index contributed by atoms with van der Waals surface area (Å²) in [5.74, 6) is 1.68. The molecule has 1 aliphatic heterocycles. The fourth-order valence-electron chi connectivity index (χ4n) is 2.19. The third kappa shape index (κ3) is 6.23. The summed E-state index contributed by atoms with van der Waals surface area (Å²) in [6, 6.07) is 7.83. The number of nitrogens with zero attached hydrogens (tertiary/aromatic N) is 1. The van der Waals surface area contributed by atoms with Crippen LogP contribution >= 0.6 is 15.9 Å². The minimum atomic E-state index is 0.273. The molecule has 122 valence electrons. The van der Waals surface area contributed by atoms with Crippen molar-refractivity contribution in [3.8, 4) is 5.75 Å². The zero-order valence-corrected chi connectivity index (χ0v) is 14.6. The maximum absolute atomic E-state index is 5.68. The Morgan fingerprint density at radius 2 is 2.18 bits per heavy atom. The normalized spacial score (nSPS) is 18.3. The third-order valence-electron chi connectivity index (χ3n) is 3.30. The molecule has 2 N–H and O–H groups in total. The lowest BCUT2D eigenvalue weighted by atomic mass is 10.2. The van der Waals surface area contributed by atoms with E-state index in [-0.39, 0.29) is 6.10 Å². The molecule has 0 saturated carbocycles. The van der Waals surface area contributed by atoms with Gasteiger partial charge in [0.25, 0.3) is 0 Å². The number of benzene rings is 1. The Morgan fingerprint density at radius 1 is 1.36 bits per heavy atom.